The Kier molecular flexibility index (Phi) is 5.98. The number of esters is 1. The van der Waals surface area contributed by atoms with Crippen LogP contribution in [0.1, 0.15) is 98.3 Å². The molecule has 0 aromatic carbocycles. The van der Waals surface area contributed by atoms with Crippen LogP contribution in [0.2, 0.25) is 0 Å². The quantitative estimate of drug-likeness (QED) is 0.303. The Hall–Kier alpha value is -1.45. The molecule has 6 unspecified atom stereocenters. The van der Waals surface area contributed by atoms with Gasteiger partial charge in [0.25, 0.3) is 0 Å². The lowest BCUT2D eigenvalue weighted by molar-refractivity contribution is -0.174. The summed E-state index contributed by atoms with van der Waals surface area (Å²) in [6, 6.07) is 0. The number of fused-ring (bicyclic) bond motifs is 5. The second-order valence-electron chi connectivity index (χ2n) is 11.3. The van der Waals surface area contributed by atoms with E-state index in [4.69, 9.17) is 4.74 Å². The molecule has 0 heterocycles. The SMILES string of the molecule is CCCCCOC(=O)C1(C(C)=O)CCC2C3CCC4=CC(=O)CCC4(C)C3CCC21C. The second kappa shape index (κ2) is 8.15. The van der Waals surface area contributed by atoms with E-state index in [1.165, 1.54) is 5.57 Å². The molecule has 172 valence electrons. The Morgan fingerprint density at radius 1 is 1.03 bits per heavy atom. The van der Waals surface area contributed by atoms with Crippen LogP contribution < -0.4 is 0 Å². The molecule has 0 amide bonds. The van der Waals surface area contributed by atoms with Crippen molar-refractivity contribution in [3.63, 3.8) is 0 Å². The normalized spacial score (nSPS) is 41.6. The van der Waals surface area contributed by atoms with E-state index in [1.54, 1.807) is 6.92 Å². The zero-order valence-corrected chi connectivity index (χ0v) is 19.9. The van der Waals surface area contributed by atoms with Gasteiger partial charge in [-0.05, 0) is 93.0 Å². The van der Waals surface area contributed by atoms with Crippen LogP contribution in [0, 0.1) is 34.0 Å². The Bertz CT molecular complexity index is 797. The van der Waals surface area contributed by atoms with Crippen molar-refractivity contribution in [3.05, 3.63) is 11.6 Å². The summed E-state index contributed by atoms with van der Waals surface area (Å²) in [5.74, 6) is 1.50. The Labute approximate surface area is 187 Å². The summed E-state index contributed by atoms with van der Waals surface area (Å²) in [5, 5.41) is 0. The zero-order valence-electron chi connectivity index (χ0n) is 19.9. The molecule has 31 heavy (non-hydrogen) atoms. The van der Waals surface area contributed by atoms with Crippen LogP contribution in [0.4, 0.5) is 0 Å². The Morgan fingerprint density at radius 2 is 1.77 bits per heavy atom. The Balaban J connectivity index is 1.61. The van der Waals surface area contributed by atoms with Gasteiger partial charge in [0.15, 0.2) is 5.78 Å². The van der Waals surface area contributed by atoms with Gasteiger partial charge in [-0.15, -0.1) is 0 Å². The van der Waals surface area contributed by atoms with Crippen molar-refractivity contribution in [1.82, 2.24) is 0 Å². The maximum atomic E-state index is 13.4. The van der Waals surface area contributed by atoms with Gasteiger partial charge in [0, 0.05) is 6.42 Å². The van der Waals surface area contributed by atoms with E-state index in [2.05, 4.69) is 20.8 Å². The molecule has 0 aromatic heterocycles. The summed E-state index contributed by atoms with van der Waals surface area (Å²) in [4.78, 5) is 38.6. The number of carbonyl (C=O) groups excluding carboxylic acids is 3. The summed E-state index contributed by atoms with van der Waals surface area (Å²) in [6.07, 6.45) is 12.1. The van der Waals surface area contributed by atoms with Crippen molar-refractivity contribution in [3.8, 4) is 0 Å². The number of Topliss-reactive ketones (excluding diaryl/α,β-unsaturated/α-hetero) is 1. The molecule has 4 aliphatic carbocycles. The van der Waals surface area contributed by atoms with E-state index >= 15 is 0 Å². The lowest BCUT2D eigenvalue weighted by Crippen LogP contribution is -2.56. The Morgan fingerprint density at radius 3 is 2.48 bits per heavy atom. The minimum atomic E-state index is -0.978. The third kappa shape index (κ3) is 3.26. The van der Waals surface area contributed by atoms with Crippen LogP contribution in [-0.4, -0.2) is 24.1 Å². The molecule has 4 nitrogen and oxygen atoms in total. The zero-order chi connectivity index (χ0) is 22.4. The summed E-state index contributed by atoms with van der Waals surface area (Å²) in [5.41, 5.74) is 0.179. The van der Waals surface area contributed by atoms with Crippen LogP contribution in [0.15, 0.2) is 11.6 Å². The van der Waals surface area contributed by atoms with Gasteiger partial charge in [-0.1, -0.05) is 39.2 Å². The molecule has 0 saturated heterocycles. The first-order chi connectivity index (χ1) is 14.7. The number of rotatable bonds is 6. The largest absolute Gasteiger partial charge is 0.465 e. The molecule has 0 aromatic rings. The standard InChI is InChI=1S/C27H40O4/c1-5-6-7-16-31-24(30)27(18(2)28)15-12-23-21-9-8-19-17-20(29)10-13-25(19,3)22(21)11-14-26(23,27)4/h17,21-23H,5-16H2,1-4H3. The molecule has 0 aliphatic heterocycles. The molecule has 3 fully saturated rings. The molecule has 4 aliphatic rings. The van der Waals surface area contributed by atoms with Crippen molar-refractivity contribution in [1.29, 1.82) is 0 Å². The van der Waals surface area contributed by atoms with Gasteiger partial charge in [0.05, 0.1) is 6.61 Å². The van der Waals surface area contributed by atoms with Crippen molar-refractivity contribution < 1.29 is 19.1 Å². The fourth-order valence-electron chi connectivity index (χ4n) is 8.30. The molecule has 4 rings (SSSR count). The van der Waals surface area contributed by atoms with Crippen molar-refractivity contribution in [2.75, 3.05) is 6.61 Å². The fourth-order valence-corrected chi connectivity index (χ4v) is 8.30. The highest BCUT2D eigenvalue weighted by molar-refractivity contribution is 6.04. The van der Waals surface area contributed by atoms with E-state index < -0.39 is 5.41 Å². The monoisotopic (exact) mass is 428 g/mol. The molecule has 0 spiro atoms. The first-order valence-electron chi connectivity index (χ1n) is 12.6. The number of allylic oxidation sites excluding steroid dienone is 1. The smallest absolute Gasteiger partial charge is 0.320 e. The minimum absolute atomic E-state index is 0.00214. The molecule has 0 bridgehead atoms. The van der Waals surface area contributed by atoms with Gasteiger partial charge in [-0.25, -0.2) is 0 Å². The van der Waals surface area contributed by atoms with Crippen molar-refractivity contribution in [2.24, 2.45) is 34.0 Å². The van der Waals surface area contributed by atoms with E-state index in [0.717, 1.165) is 57.8 Å². The average Bonchev–Trinajstić information content (AvgIpc) is 3.05. The van der Waals surface area contributed by atoms with Gasteiger partial charge in [0.2, 0.25) is 0 Å². The summed E-state index contributed by atoms with van der Waals surface area (Å²) in [6.45, 7) is 8.76. The minimum Gasteiger partial charge on any atom is -0.465 e. The van der Waals surface area contributed by atoms with Gasteiger partial charge >= 0.3 is 5.97 Å². The van der Waals surface area contributed by atoms with E-state index in [-0.39, 0.29) is 28.4 Å². The predicted molar refractivity (Wildman–Crippen MR) is 120 cm³/mol. The summed E-state index contributed by atoms with van der Waals surface area (Å²) in [7, 11) is 0. The van der Waals surface area contributed by atoms with E-state index in [9.17, 15) is 14.4 Å². The molecule has 4 heteroatoms. The van der Waals surface area contributed by atoms with Gasteiger partial charge in [0.1, 0.15) is 11.2 Å². The highest BCUT2D eigenvalue weighted by Crippen LogP contribution is 2.70. The first kappa shape index (κ1) is 22.7. The van der Waals surface area contributed by atoms with Gasteiger partial charge < -0.3 is 4.74 Å². The van der Waals surface area contributed by atoms with Crippen LogP contribution in [-0.2, 0) is 19.1 Å². The second-order valence-corrected chi connectivity index (χ2v) is 11.3. The molecule has 0 radical (unpaired) electrons. The van der Waals surface area contributed by atoms with Crippen LogP contribution in [0.5, 0.6) is 0 Å². The number of ether oxygens (including phenoxy) is 1. The van der Waals surface area contributed by atoms with Crippen molar-refractivity contribution >= 4 is 17.5 Å². The molecular weight excluding hydrogens is 388 g/mol. The predicted octanol–water partition coefficient (Wildman–Crippen LogP) is 5.83. The molecule has 0 N–H and O–H groups in total. The highest BCUT2D eigenvalue weighted by atomic mass is 16.5. The maximum Gasteiger partial charge on any atom is 0.320 e. The van der Waals surface area contributed by atoms with E-state index in [1.807, 2.05) is 6.08 Å². The number of unbranched alkanes of at least 4 members (excludes halogenated alkanes) is 2. The molecule has 3 saturated carbocycles. The van der Waals surface area contributed by atoms with E-state index in [0.29, 0.717) is 37.2 Å². The molecule has 6 atom stereocenters. The number of hydrogen-bond acceptors (Lipinski definition) is 4. The summed E-state index contributed by atoms with van der Waals surface area (Å²) < 4.78 is 5.75. The lowest BCUT2D eigenvalue weighted by atomic mass is 9.45. The number of carbonyl (C=O) groups is 3. The van der Waals surface area contributed by atoms with Crippen LogP contribution in [0.3, 0.4) is 0 Å². The highest BCUT2D eigenvalue weighted by Gasteiger charge is 2.69. The van der Waals surface area contributed by atoms with Gasteiger partial charge in [-0.3, -0.25) is 14.4 Å². The number of ketones is 2. The third-order valence-electron chi connectivity index (χ3n) is 10.1. The average molecular weight is 429 g/mol. The maximum absolute atomic E-state index is 13.4. The number of hydrogen-bond donors (Lipinski definition) is 0. The summed E-state index contributed by atoms with van der Waals surface area (Å²) >= 11 is 0. The lowest BCUT2D eigenvalue weighted by Gasteiger charge is -2.59. The van der Waals surface area contributed by atoms with Crippen molar-refractivity contribution in [2.45, 2.75) is 98.3 Å². The first-order valence-corrected chi connectivity index (χ1v) is 12.6. The molecular formula is C27H40O4. The topological polar surface area (TPSA) is 60.4 Å². The van der Waals surface area contributed by atoms with Crippen LogP contribution in [0.25, 0.3) is 0 Å². The third-order valence-corrected chi connectivity index (χ3v) is 10.1. The van der Waals surface area contributed by atoms with Crippen LogP contribution >= 0.6 is 0 Å². The van der Waals surface area contributed by atoms with Gasteiger partial charge in [-0.2, -0.15) is 0 Å². The fraction of sp³-hybridized carbons (Fsp3) is 0.815.